The van der Waals surface area contributed by atoms with Crippen molar-refractivity contribution in [2.24, 2.45) is 11.3 Å². The van der Waals surface area contributed by atoms with Crippen LogP contribution in [0.1, 0.15) is 39.0 Å². The molecular formula is C13H23NO. The topological polar surface area (TPSA) is 25.2 Å². The second-order valence-corrected chi connectivity index (χ2v) is 5.42. The van der Waals surface area contributed by atoms with Gasteiger partial charge in [0.05, 0.1) is 12.8 Å². The Kier molecular flexibility index (Phi) is 3.97. The van der Waals surface area contributed by atoms with Crippen LogP contribution in [0.5, 0.6) is 0 Å². The van der Waals surface area contributed by atoms with Crippen molar-refractivity contribution in [3.63, 3.8) is 0 Å². The normalized spacial score (nSPS) is 14.2. The summed E-state index contributed by atoms with van der Waals surface area (Å²) in [5.41, 5.74) is 1.59. The van der Waals surface area contributed by atoms with Gasteiger partial charge in [0.25, 0.3) is 0 Å². The molecule has 0 amide bonds. The summed E-state index contributed by atoms with van der Waals surface area (Å²) in [5.74, 6) is 1.71. The number of rotatable bonds is 4. The van der Waals surface area contributed by atoms with E-state index >= 15 is 0 Å². The first kappa shape index (κ1) is 12.3. The van der Waals surface area contributed by atoms with Crippen molar-refractivity contribution in [1.82, 2.24) is 5.32 Å². The molecular weight excluding hydrogens is 186 g/mol. The van der Waals surface area contributed by atoms with Crippen LogP contribution in [0.15, 0.2) is 16.7 Å². The van der Waals surface area contributed by atoms with Crippen LogP contribution in [-0.4, -0.2) is 6.54 Å². The largest absolute Gasteiger partial charge is 0.468 e. The minimum atomic E-state index is 0.366. The zero-order valence-electron chi connectivity index (χ0n) is 10.6. The third-order valence-corrected chi connectivity index (χ3v) is 3.18. The van der Waals surface area contributed by atoms with Gasteiger partial charge in [-0.05, 0) is 36.4 Å². The average Bonchev–Trinajstić information content (AvgIpc) is 2.50. The lowest BCUT2D eigenvalue weighted by molar-refractivity contribution is 0.250. The molecule has 0 saturated carbocycles. The lowest BCUT2D eigenvalue weighted by Crippen LogP contribution is -2.29. The van der Waals surface area contributed by atoms with E-state index in [4.69, 9.17) is 4.42 Å². The molecule has 0 spiro atoms. The van der Waals surface area contributed by atoms with Gasteiger partial charge in [0.15, 0.2) is 0 Å². The Morgan fingerprint density at radius 2 is 2.07 bits per heavy atom. The minimum absolute atomic E-state index is 0.366. The fourth-order valence-corrected chi connectivity index (χ4v) is 1.29. The van der Waals surface area contributed by atoms with Gasteiger partial charge >= 0.3 is 0 Å². The Morgan fingerprint density at radius 1 is 1.40 bits per heavy atom. The van der Waals surface area contributed by atoms with E-state index in [0.29, 0.717) is 11.3 Å². The maximum Gasteiger partial charge on any atom is 0.120 e. The molecule has 15 heavy (non-hydrogen) atoms. The summed E-state index contributed by atoms with van der Waals surface area (Å²) < 4.78 is 5.37. The Labute approximate surface area is 93.1 Å². The molecule has 0 bridgehead atoms. The highest BCUT2D eigenvalue weighted by molar-refractivity contribution is 5.14. The minimum Gasteiger partial charge on any atom is -0.468 e. The summed E-state index contributed by atoms with van der Waals surface area (Å²) in [5, 5.41) is 3.44. The van der Waals surface area contributed by atoms with Crippen molar-refractivity contribution in [2.45, 2.75) is 41.2 Å². The van der Waals surface area contributed by atoms with E-state index in [1.54, 1.807) is 6.26 Å². The van der Waals surface area contributed by atoms with Crippen LogP contribution in [-0.2, 0) is 6.54 Å². The smallest absolute Gasteiger partial charge is 0.120 e. The van der Waals surface area contributed by atoms with Gasteiger partial charge in [0, 0.05) is 0 Å². The molecule has 1 rings (SSSR count). The van der Waals surface area contributed by atoms with E-state index in [0.717, 1.165) is 18.8 Å². The number of furan rings is 1. The molecule has 86 valence electrons. The Balaban J connectivity index is 2.31. The number of hydrogen-bond acceptors (Lipinski definition) is 2. The molecule has 2 heteroatoms. The molecule has 2 nitrogen and oxygen atoms in total. The van der Waals surface area contributed by atoms with Crippen LogP contribution in [0.3, 0.4) is 0 Å². The lowest BCUT2D eigenvalue weighted by Gasteiger charge is -2.27. The van der Waals surface area contributed by atoms with Gasteiger partial charge in [0.1, 0.15) is 5.76 Å². The van der Waals surface area contributed by atoms with Crippen molar-refractivity contribution in [1.29, 1.82) is 0 Å². The molecule has 0 radical (unpaired) electrons. The first-order chi connectivity index (χ1) is 6.91. The van der Waals surface area contributed by atoms with Crippen molar-refractivity contribution >= 4 is 0 Å². The van der Waals surface area contributed by atoms with Crippen molar-refractivity contribution in [3.8, 4) is 0 Å². The molecule has 0 aromatic carbocycles. The van der Waals surface area contributed by atoms with Crippen LogP contribution in [0, 0.1) is 18.3 Å². The predicted molar refractivity (Wildman–Crippen MR) is 63.8 cm³/mol. The molecule has 1 unspecified atom stereocenters. The van der Waals surface area contributed by atoms with Crippen LogP contribution >= 0.6 is 0 Å². The highest BCUT2D eigenvalue weighted by atomic mass is 16.3. The quantitative estimate of drug-likeness (QED) is 0.822. The average molecular weight is 209 g/mol. The molecule has 1 atom stereocenters. The molecule has 0 aliphatic carbocycles. The lowest BCUT2D eigenvalue weighted by atomic mass is 9.82. The zero-order chi connectivity index (χ0) is 11.5. The fraction of sp³-hybridized carbons (Fsp3) is 0.692. The summed E-state index contributed by atoms with van der Waals surface area (Å²) in [7, 11) is 0. The summed E-state index contributed by atoms with van der Waals surface area (Å²) in [6, 6.07) is 2.00. The number of aryl methyl sites for hydroxylation is 1. The summed E-state index contributed by atoms with van der Waals surface area (Å²) >= 11 is 0. The van der Waals surface area contributed by atoms with E-state index in [-0.39, 0.29) is 0 Å². The molecule has 0 saturated heterocycles. The first-order valence-corrected chi connectivity index (χ1v) is 5.65. The highest BCUT2D eigenvalue weighted by Crippen LogP contribution is 2.24. The number of nitrogens with one attached hydrogen (secondary N) is 1. The molecule has 0 aliphatic rings. The highest BCUT2D eigenvalue weighted by Gasteiger charge is 2.19. The second kappa shape index (κ2) is 4.84. The Hall–Kier alpha value is -0.760. The monoisotopic (exact) mass is 209 g/mol. The molecule has 1 N–H and O–H groups in total. The maximum atomic E-state index is 5.37. The molecule has 1 aromatic heterocycles. The van der Waals surface area contributed by atoms with Crippen LogP contribution in [0.4, 0.5) is 0 Å². The zero-order valence-corrected chi connectivity index (χ0v) is 10.6. The summed E-state index contributed by atoms with van der Waals surface area (Å²) in [6.45, 7) is 13.0. The van der Waals surface area contributed by atoms with Gasteiger partial charge in [-0.15, -0.1) is 0 Å². The molecule has 1 heterocycles. The van der Waals surface area contributed by atoms with Crippen molar-refractivity contribution in [3.05, 3.63) is 23.7 Å². The Morgan fingerprint density at radius 3 is 2.53 bits per heavy atom. The predicted octanol–water partition coefficient (Wildman–Crippen LogP) is 3.36. The van der Waals surface area contributed by atoms with E-state index in [1.165, 1.54) is 5.56 Å². The van der Waals surface area contributed by atoms with E-state index < -0.39 is 0 Å². The molecule has 0 fully saturated rings. The maximum absolute atomic E-state index is 5.37. The fourth-order valence-electron chi connectivity index (χ4n) is 1.29. The van der Waals surface area contributed by atoms with Gasteiger partial charge in [-0.25, -0.2) is 0 Å². The first-order valence-electron chi connectivity index (χ1n) is 5.65. The van der Waals surface area contributed by atoms with Gasteiger partial charge < -0.3 is 9.73 Å². The summed E-state index contributed by atoms with van der Waals surface area (Å²) in [4.78, 5) is 0. The van der Waals surface area contributed by atoms with Gasteiger partial charge in [0.2, 0.25) is 0 Å². The van der Waals surface area contributed by atoms with E-state index in [9.17, 15) is 0 Å². The third kappa shape index (κ3) is 3.71. The van der Waals surface area contributed by atoms with Gasteiger partial charge in [-0.2, -0.15) is 0 Å². The Bertz CT molecular complexity index is 296. The SMILES string of the molecule is Cc1ccoc1CNCC(C)C(C)(C)C. The molecule has 0 aliphatic heterocycles. The van der Waals surface area contributed by atoms with E-state index in [2.05, 4.69) is 39.9 Å². The third-order valence-electron chi connectivity index (χ3n) is 3.18. The number of hydrogen-bond donors (Lipinski definition) is 1. The van der Waals surface area contributed by atoms with Crippen LogP contribution in [0.25, 0.3) is 0 Å². The van der Waals surface area contributed by atoms with Gasteiger partial charge in [-0.1, -0.05) is 27.7 Å². The molecule has 1 aromatic rings. The second-order valence-electron chi connectivity index (χ2n) is 5.42. The van der Waals surface area contributed by atoms with Gasteiger partial charge in [-0.3, -0.25) is 0 Å². The van der Waals surface area contributed by atoms with Crippen molar-refractivity contribution in [2.75, 3.05) is 6.54 Å². The summed E-state index contributed by atoms with van der Waals surface area (Å²) in [6.07, 6.45) is 1.75. The van der Waals surface area contributed by atoms with E-state index in [1.807, 2.05) is 6.07 Å². The van der Waals surface area contributed by atoms with Crippen LogP contribution < -0.4 is 5.32 Å². The standard InChI is InChI=1S/C13H23NO/c1-10-6-7-15-12(10)9-14-8-11(2)13(3,4)5/h6-7,11,14H,8-9H2,1-5H3. The van der Waals surface area contributed by atoms with Crippen molar-refractivity contribution < 1.29 is 4.42 Å². The van der Waals surface area contributed by atoms with Crippen LogP contribution in [0.2, 0.25) is 0 Å².